The second-order valence-corrected chi connectivity index (χ2v) is 5.67. The first-order valence-corrected chi connectivity index (χ1v) is 7.24. The number of carbonyl (C=O) groups is 2. The lowest BCUT2D eigenvalue weighted by atomic mass is 10.1. The lowest BCUT2D eigenvalue weighted by Crippen LogP contribution is -2.32. The molecule has 1 aliphatic carbocycles. The molecule has 0 aromatic carbocycles. The number of amides is 1. The van der Waals surface area contributed by atoms with Gasteiger partial charge in [0.25, 0.3) is 0 Å². The van der Waals surface area contributed by atoms with Crippen molar-refractivity contribution in [3.63, 3.8) is 0 Å². The number of hydrogen-bond donors (Lipinski definition) is 2. The Morgan fingerprint density at radius 3 is 2.84 bits per heavy atom. The number of esters is 1. The Morgan fingerprint density at radius 1 is 1.47 bits per heavy atom. The van der Waals surface area contributed by atoms with Crippen molar-refractivity contribution in [1.29, 1.82) is 0 Å². The summed E-state index contributed by atoms with van der Waals surface area (Å²) >= 11 is 1.46. The zero-order valence-electron chi connectivity index (χ0n) is 11.1. The standard InChI is InChI=1S/C13H18N2O3S/c1-3-18-13(17)10-8-5-4-6-9(8)19-12(10)15-11(16)7(2)14/h7H,3-6,14H2,1-2H3,(H,15,16). The number of nitrogens with one attached hydrogen (secondary N) is 1. The Kier molecular flexibility index (Phi) is 4.21. The minimum Gasteiger partial charge on any atom is -0.462 e. The normalized spacial score (nSPS) is 14.9. The maximum atomic E-state index is 12.0. The van der Waals surface area contributed by atoms with Crippen LogP contribution in [0.25, 0.3) is 0 Å². The Labute approximate surface area is 116 Å². The Balaban J connectivity index is 2.32. The number of carbonyl (C=O) groups excluding carboxylic acids is 2. The summed E-state index contributed by atoms with van der Waals surface area (Å²) in [6.07, 6.45) is 2.88. The summed E-state index contributed by atoms with van der Waals surface area (Å²) in [4.78, 5) is 24.9. The highest BCUT2D eigenvalue weighted by Gasteiger charge is 2.28. The molecule has 0 radical (unpaired) electrons. The third-order valence-corrected chi connectivity index (χ3v) is 4.26. The monoisotopic (exact) mass is 282 g/mol. The van der Waals surface area contributed by atoms with Gasteiger partial charge in [-0.1, -0.05) is 0 Å². The summed E-state index contributed by atoms with van der Waals surface area (Å²) in [6.45, 7) is 3.70. The molecule has 0 saturated carbocycles. The first-order chi connectivity index (χ1) is 9.04. The zero-order chi connectivity index (χ0) is 14.0. The number of rotatable bonds is 4. The van der Waals surface area contributed by atoms with E-state index in [9.17, 15) is 9.59 Å². The minimum absolute atomic E-state index is 0.287. The van der Waals surface area contributed by atoms with Crippen molar-refractivity contribution in [1.82, 2.24) is 0 Å². The van der Waals surface area contributed by atoms with Crippen molar-refractivity contribution < 1.29 is 14.3 Å². The van der Waals surface area contributed by atoms with Crippen molar-refractivity contribution >= 4 is 28.2 Å². The van der Waals surface area contributed by atoms with Crippen LogP contribution in [-0.2, 0) is 22.4 Å². The van der Waals surface area contributed by atoms with Gasteiger partial charge in [-0.25, -0.2) is 4.79 Å². The van der Waals surface area contributed by atoms with Gasteiger partial charge in [-0.3, -0.25) is 4.79 Å². The van der Waals surface area contributed by atoms with E-state index in [2.05, 4.69) is 5.32 Å². The first kappa shape index (κ1) is 14.0. The lowest BCUT2D eigenvalue weighted by molar-refractivity contribution is -0.117. The fourth-order valence-corrected chi connectivity index (χ4v) is 3.42. The largest absolute Gasteiger partial charge is 0.462 e. The topological polar surface area (TPSA) is 81.4 Å². The molecule has 0 aliphatic heterocycles. The molecule has 1 aromatic heterocycles. The van der Waals surface area contributed by atoms with Crippen LogP contribution in [0.3, 0.4) is 0 Å². The first-order valence-electron chi connectivity index (χ1n) is 6.42. The molecule has 1 aliphatic rings. The highest BCUT2D eigenvalue weighted by atomic mass is 32.1. The summed E-state index contributed by atoms with van der Waals surface area (Å²) in [5, 5.41) is 3.31. The van der Waals surface area contributed by atoms with Gasteiger partial charge in [0.1, 0.15) is 5.00 Å². The molecule has 19 heavy (non-hydrogen) atoms. The molecule has 0 bridgehead atoms. The van der Waals surface area contributed by atoms with Crippen LogP contribution in [0, 0.1) is 0 Å². The van der Waals surface area contributed by atoms with E-state index in [0.717, 1.165) is 24.8 Å². The molecule has 0 spiro atoms. The number of thiophene rings is 1. The number of anilines is 1. The SMILES string of the molecule is CCOC(=O)c1c(NC(=O)C(C)N)sc2c1CCC2. The maximum Gasteiger partial charge on any atom is 0.341 e. The summed E-state index contributed by atoms with van der Waals surface area (Å²) in [6, 6.07) is -0.605. The smallest absolute Gasteiger partial charge is 0.341 e. The van der Waals surface area contributed by atoms with Crippen LogP contribution in [0.1, 0.15) is 41.1 Å². The molecule has 104 valence electrons. The fourth-order valence-electron chi connectivity index (χ4n) is 2.14. The van der Waals surface area contributed by atoms with Crippen LogP contribution in [0.4, 0.5) is 5.00 Å². The number of ether oxygens (including phenoxy) is 1. The van der Waals surface area contributed by atoms with Gasteiger partial charge >= 0.3 is 5.97 Å². The molecule has 2 rings (SSSR count). The molecule has 1 heterocycles. The maximum absolute atomic E-state index is 12.0. The van der Waals surface area contributed by atoms with E-state index in [-0.39, 0.29) is 11.9 Å². The average Bonchev–Trinajstić information content (AvgIpc) is 2.88. The van der Waals surface area contributed by atoms with E-state index in [0.29, 0.717) is 17.2 Å². The fraction of sp³-hybridized carbons (Fsp3) is 0.538. The molecule has 0 saturated heterocycles. The van der Waals surface area contributed by atoms with Gasteiger partial charge in [-0.15, -0.1) is 11.3 Å². The second-order valence-electron chi connectivity index (χ2n) is 4.56. The molecule has 0 fully saturated rings. The molecule has 1 atom stereocenters. The van der Waals surface area contributed by atoms with Crippen LogP contribution >= 0.6 is 11.3 Å². The molecule has 3 N–H and O–H groups in total. The van der Waals surface area contributed by atoms with Gasteiger partial charge in [-0.05, 0) is 38.7 Å². The number of aryl methyl sites for hydroxylation is 1. The highest BCUT2D eigenvalue weighted by molar-refractivity contribution is 7.17. The third-order valence-electron chi connectivity index (χ3n) is 3.05. The average molecular weight is 282 g/mol. The Morgan fingerprint density at radius 2 is 2.21 bits per heavy atom. The number of fused-ring (bicyclic) bond motifs is 1. The molecule has 1 amide bonds. The van der Waals surface area contributed by atoms with E-state index in [4.69, 9.17) is 10.5 Å². The minimum atomic E-state index is -0.605. The van der Waals surface area contributed by atoms with Crippen molar-refractivity contribution in [3.8, 4) is 0 Å². The van der Waals surface area contributed by atoms with Gasteiger partial charge in [0, 0.05) is 4.88 Å². The summed E-state index contributed by atoms with van der Waals surface area (Å²) < 4.78 is 5.08. The van der Waals surface area contributed by atoms with Gasteiger partial charge in [0.2, 0.25) is 5.91 Å². The van der Waals surface area contributed by atoms with Crippen LogP contribution in [0.2, 0.25) is 0 Å². The van der Waals surface area contributed by atoms with Crippen molar-refractivity contribution in [2.45, 2.75) is 39.2 Å². The van der Waals surface area contributed by atoms with Crippen molar-refractivity contribution in [2.24, 2.45) is 5.73 Å². The van der Waals surface area contributed by atoms with E-state index in [1.165, 1.54) is 16.2 Å². The van der Waals surface area contributed by atoms with Crippen molar-refractivity contribution in [3.05, 3.63) is 16.0 Å². The molecular weight excluding hydrogens is 264 g/mol. The van der Waals surface area contributed by atoms with Gasteiger partial charge in [0.15, 0.2) is 0 Å². The Hall–Kier alpha value is -1.40. The molecule has 6 heteroatoms. The van der Waals surface area contributed by atoms with Gasteiger partial charge in [0.05, 0.1) is 18.2 Å². The molecular formula is C13H18N2O3S. The van der Waals surface area contributed by atoms with Gasteiger partial charge in [-0.2, -0.15) is 0 Å². The molecule has 1 aromatic rings. The predicted molar refractivity (Wildman–Crippen MR) is 74.6 cm³/mol. The van der Waals surface area contributed by atoms with Crippen LogP contribution in [0.15, 0.2) is 0 Å². The lowest BCUT2D eigenvalue weighted by Gasteiger charge is -2.09. The van der Waals surface area contributed by atoms with Crippen LogP contribution < -0.4 is 11.1 Å². The van der Waals surface area contributed by atoms with E-state index in [1.54, 1.807) is 13.8 Å². The number of hydrogen-bond acceptors (Lipinski definition) is 5. The van der Waals surface area contributed by atoms with Crippen LogP contribution in [0.5, 0.6) is 0 Å². The predicted octanol–water partition coefficient (Wildman–Crippen LogP) is 1.70. The molecule has 5 nitrogen and oxygen atoms in total. The van der Waals surface area contributed by atoms with Gasteiger partial charge < -0.3 is 15.8 Å². The quantitative estimate of drug-likeness (QED) is 0.824. The second kappa shape index (κ2) is 5.71. The van der Waals surface area contributed by atoms with E-state index >= 15 is 0 Å². The van der Waals surface area contributed by atoms with E-state index in [1.807, 2.05) is 0 Å². The zero-order valence-corrected chi connectivity index (χ0v) is 11.9. The van der Waals surface area contributed by atoms with E-state index < -0.39 is 6.04 Å². The highest BCUT2D eigenvalue weighted by Crippen LogP contribution is 2.39. The molecule has 1 unspecified atom stereocenters. The third kappa shape index (κ3) is 2.79. The Bertz CT molecular complexity index is 508. The summed E-state index contributed by atoms with van der Waals surface area (Å²) in [5.41, 5.74) is 7.09. The summed E-state index contributed by atoms with van der Waals surface area (Å²) in [7, 11) is 0. The number of nitrogens with two attached hydrogens (primary N) is 1. The summed E-state index contributed by atoms with van der Waals surface area (Å²) in [5.74, 6) is -0.646. The van der Waals surface area contributed by atoms with Crippen molar-refractivity contribution in [2.75, 3.05) is 11.9 Å². The van der Waals surface area contributed by atoms with Crippen LogP contribution in [-0.4, -0.2) is 24.5 Å².